The van der Waals surface area contributed by atoms with Gasteiger partial charge in [-0.25, -0.2) is 4.98 Å². The molecule has 8 heteroatoms. The number of hydrogen-bond donors (Lipinski definition) is 1. The largest absolute Gasteiger partial charge is 0.369 e. The number of anilines is 1. The number of carbonyl (C=O) groups excluding carboxylic acids is 1. The molecule has 4 aromatic rings. The van der Waals surface area contributed by atoms with Crippen molar-refractivity contribution in [3.05, 3.63) is 77.5 Å². The van der Waals surface area contributed by atoms with E-state index < -0.39 is 0 Å². The Bertz CT molecular complexity index is 1310. The third-order valence-corrected chi connectivity index (χ3v) is 6.60. The maximum Gasteiger partial charge on any atom is 0.251 e. The SMILES string of the molecule is Cc1ccc(C)c(N2CCN(CCCNC(=O)c3ccc(-n4nnc5cccnc54)cc3)CC2)c1. The Balaban J connectivity index is 1.07. The van der Waals surface area contributed by atoms with Crippen molar-refractivity contribution in [2.24, 2.45) is 0 Å². The molecule has 5 rings (SSSR count). The fraction of sp³-hybridized carbons (Fsp3) is 0.333. The normalized spacial score (nSPS) is 14.4. The van der Waals surface area contributed by atoms with Crippen LogP contribution < -0.4 is 10.2 Å². The molecule has 0 saturated carbocycles. The first-order chi connectivity index (χ1) is 17.1. The van der Waals surface area contributed by atoms with Crippen LogP contribution in [0.3, 0.4) is 0 Å². The van der Waals surface area contributed by atoms with Gasteiger partial charge >= 0.3 is 0 Å². The summed E-state index contributed by atoms with van der Waals surface area (Å²) in [4.78, 5) is 21.9. The van der Waals surface area contributed by atoms with Crippen LogP contribution in [0.4, 0.5) is 5.69 Å². The second-order valence-corrected chi connectivity index (χ2v) is 9.12. The first kappa shape index (κ1) is 23.0. The summed E-state index contributed by atoms with van der Waals surface area (Å²) in [7, 11) is 0. The number of fused-ring (bicyclic) bond motifs is 1. The van der Waals surface area contributed by atoms with E-state index in [0.717, 1.165) is 50.3 Å². The van der Waals surface area contributed by atoms with E-state index in [9.17, 15) is 4.79 Å². The minimum Gasteiger partial charge on any atom is -0.369 e. The average Bonchev–Trinajstić information content (AvgIpc) is 3.33. The summed E-state index contributed by atoms with van der Waals surface area (Å²) in [6, 6.07) is 17.7. The number of aryl methyl sites for hydroxylation is 2. The third kappa shape index (κ3) is 5.17. The fourth-order valence-electron chi connectivity index (χ4n) is 4.57. The zero-order chi connectivity index (χ0) is 24.2. The molecule has 1 saturated heterocycles. The van der Waals surface area contributed by atoms with Crippen LogP contribution in [0, 0.1) is 13.8 Å². The highest BCUT2D eigenvalue weighted by atomic mass is 16.1. The molecule has 3 heterocycles. The average molecular weight is 470 g/mol. The van der Waals surface area contributed by atoms with E-state index in [1.165, 1.54) is 16.8 Å². The summed E-state index contributed by atoms with van der Waals surface area (Å²) < 4.78 is 1.68. The minimum atomic E-state index is -0.0575. The Morgan fingerprint density at radius 2 is 1.80 bits per heavy atom. The van der Waals surface area contributed by atoms with Gasteiger partial charge in [0.1, 0.15) is 5.52 Å². The van der Waals surface area contributed by atoms with Crippen molar-refractivity contribution < 1.29 is 4.79 Å². The van der Waals surface area contributed by atoms with Gasteiger partial charge in [0.2, 0.25) is 0 Å². The van der Waals surface area contributed by atoms with Crippen LogP contribution in [0.5, 0.6) is 0 Å². The van der Waals surface area contributed by atoms with Crippen molar-refractivity contribution in [2.45, 2.75) is 20.3 Å². The molecular formula is C27H31N7O. The summed E-state index contributed by atoms with van der Waals surface area (Å²) in [5, 5.41) is 11.4. The highest BCUT2D eigenvalue weighted by Crippen LogP contribution is 2.23. The number of rotatable bonds is 7. The predicted molar refractivity (Wildman–Crippen MR) is 138 cm³/mol. The van der Waals surface area contributed by atoms with Gasteiger partial charge in [0.15, 0.2) is 5.65 Å². The van der Waals surface area contributed by atoms with Gasteiger partial charge in [-0.2, -0.15) is 4.68 Å². The molecule has 2 aromatic heterocycles. The molecule has 0 spiro atoms. The van der Waals surface area contributed by atoms with Gasteiger partial charge < -0.3 is 10.2 Å². The Hall–Kier alpha value is -3.78. The zero-order valence-electron chi connectivity index (χ0n) is 20.3. The van der Waals surface area contributed by atoms with E-state index in [1.807, 2.05) is 36.4 Å². The highest BCUT2D eigenvalue weighted by Gasteiger charge is 2.18. The molecule has 180 valence electrons. The Morgan fingerprint density at radius 1 is 1.00 bits per heavy atom. The van der Waals surface area contributed by atoms with E-state index in [0.29, 0.717) is 17.8 Å². The quantitative estimate of drug-likeness (QED) is 0.418. The van der Waals surface area contributed by atoms with Crippen LogP contribution in [0.15, 0.2) is 60.8 Å². The number of piperazine rings is 1. The molecule has 0 bridgehead atoms. The molecule has 2 aromatic carbocycles. The minimum absolute atomic E-state index is 0.0575. The number of carbonyl (C=O) groups is 1. The van der Waals surface area contributed by atoms with Crippen molar-refractivity contribution in [2.75, 3.05) is 44.2 Å². The van der Waals surface area contributed by atoms with Crippen LogP contribution in [0.1, 0.15) is 27.9 Å². The van der Waals surface area contributed by atoms with Crippen molar-refractivity contribution in [1.82, 2.24) is 30.2 Å². The molecule has 8 nitrogen and oxygen atoms in total. The number of nitrogens with zero attached hydrogens (tertiary/aromatic N) is 6. The first-order valence-electron chi connectivity index (χ1n) is 12.2. The predicted octanol–water partition coefficient (Wildman–Crippen LogP) is 3.37. The second-order valence-electron chi connectivity index (χ2n) is 9.12. The van der Waals surface area contributed by atoms with Gasteiger partial charge in [0.05, 0.1) is 5.69 Å². The number of aromatic nitrogens is 4. The summed E-state index contributed by atoms with van der Waals surface area (Å²) in [5.74, 6) is -0.0575. The molecule has 35 heavy (non-hydrogen) atoms. The van der Waals surface area contributed by atoms with E-state index in [2.05, 4.69) is 62.5 Å². The van der Waals surface area contributed by atoms with Gasteiger partial charge in [-0.15, -0.1) is 5.10 Å². The molecule has 0 radical (unpaired) electrons. The lowest BCUT2D eigenvalue weighted by atomic mass is 10.1. The Kier molecular flexibility index (Phi) is 6.72. The first-order valence-corrected chi connectivity index (χ1v) is 12.2. The summed E-state index contributed by atoms with van der Waals surface area (Å²) in [6.45, 7) is 10.2. The third-order valence-electron chi connectivity index (χ3n) is 6.60. The lowest BCUT2D eigenvalue weighted by molar-refractivity contribution is 0.0951. The maximum atomic E-state index is 12.6. The molecule has 1 aliphatic rings. The van der Waals surface area contributed by atoms with Crippen molar-refractivity contribution in [3.63, 3.8) is 0 Å². The lowest BCUT2D eigenvalue weighted by Crippen LogP contribution is -2.47. The van der Waals surface area contributed by atoms with Gasteiger partial charge in [-0.1, -0.05) is 17.3 Å². The van der Waals surface area contributed by atoms with Gasteiger partial charge in [-0.3, -0.25) is 9.69 Å². The summed E-state index contributed by atoms with van der Waals surface area (Å²) in [5.41, 5.74) is 6.89. The molecule has 0 atom stereocenters. The topological polar surface area (TPSA) is 79.2 Å². The zero-order valence-corrected chi connectivity index (χ0v) is 20.3. The molecule has 1 fully saturated rings. The number of pyridine rings is 1. The molecule has 0 unspecified atom stereocenters. The van der Waals surface area contributed by atoms with Crippen LogP contribution in [0.25, 0.3) is 16.9 Å². The van der Waals surface area contributed by atoms with Crippen molar-refractivity contribution >= 4 is 22.8 Å². The smallest absolute Gasteiger partial charge is 0.251 e. The van der Waals surface area contributed by atoms with E-state index in [1.54, 1.807) is 10.9 Å². The van der Waals surface area contributed by atoms with Crippen LogP contribution in [-0.4, -0.2) is 70.1 Å². The fourth-order valence-corrected chi connectivity index (χ4v) is 4.57. The second kappa shape index (κ2) is 10.2. The Labute approximate surface area is 205 Å². The maximum absolute atomic E-state index is 12.6. The standard InChI is InChI=1S/C27H31N7O/c1-20-6-7-21(2)25(19-20)33-17-15-32(16-18-33)14-4-13-29-27(35)22-8-10-23(11-9-22)34-26-24(30-31-34)5-3-12-28-26/h3,5-12,19H,4,13-18H2,1-2H3,(H,29,35). The lowest BCUT2D eigenvalue weighted by Gasteiger charge is -2.37. The van der Waals surface area contributed by atoms with Crippen LogP contribution in [-0.2, 0) is 0 Å². The van der Waals surface area contributed by atoms with Gasteiger partial charge in [-0.05, 0) is 80.4 Å². The van der Waals surface area contributed by atoms with Gasteiger partial charge in [0.25, 0.3) is 5.91 Å². The van der Waals surface area contributed by atoms with Gasteiger partial charge in [0, 0.05) is 50.2 Å². The number of benzene rings is 2. The van der Waals surface area contributed by atoms with Crippen molar-refractivity contribution in [3.8, 4) is 5.69 Å². The highest BCUT2D eigenvalue weighted by molar-refractivity contribution is 5.94. The van der Waals surface area contributed by atoms with E-state index in [4.69, 9.17) is 0 Å². The van der Waals surface area contributed by atoms with Crippen LogP contribution >= 0.6 is 0 Å². The monoisotopic (exact) mass is 469 g/mol. The molecule has 1 N–H and O–H groups in total. The number of amides is 1. The summed E-state index contributed by atoms with van der Waals surface area (Å²) in [6.07, 6.45) is 2.65. The van der Waals surface area contributed by atoms with Crippen LogP contribution in [0.2, 0.25) is 0 Å². The Morgan fingerprint density at radius 3 is 2.60 bits per heavy atom. The van der Waals surface area contributed by atoms with Crippen molar-refractivity contribution in [1.29, 1.82) is 0 Å². The summed E-state index contributed by atoms with van der Waals surface area (Å²) >= 11 is 0. The molecular weight excluding hydrogens is 438 g/mol. The molecule has 0 aliphatic carbocycles. The molecule has 1 amide bonds. The molecule has 1 aliphatic heterocycles. The number of hydrogen-bond acceptors (Lipinski definition) is 6. The van der Waals surface area contributed by atoms with E-state index >= 15 is 0 Å². The van der Waals surface area contributed by atoms with E-state index in [-0.39, 0.29) is 5.91 Å². The number of nitrogens with one attached hydrogen (secondary N) is 1.